The molecule has 0 fully saturated rings. The topological polar surface area (TPSA) is 79.9 Å². The Bertz CT molecular complexity index is 1360. The maximum atomic E-state index is 13.0. The van der Waals surface area contributed by atoms with E-state index in [1.807, 2.05) is 83.2 Å². The SMILES string of the molecule is CNc1ccc2c(c1)Oc1cc(NC(=O)CCCSSCCN(C)C)ccc1C21OC(=O)c2ccccc21. The summed E-state index contributed by atoms with van der Waals surface area (Å²) in [5.74, 6) is 2.73. The Balaban J connectivity index is 1.36. The van der Waals surface area contributed by atoms with Crippen LogP contribution in [0.25, 0.3) is 0 Å². The van der Waals surface area contributed by atoms with E-state index in [-0.39, 0.29) is 11.9 Å². The van der Waals surface area contributed by atoms with Crippen molar-refractivity contribution in [2.24, 2.45) is 0 Å². The summed E-state index contributed by atoms with van der Waals surface area (Å²) in [6, 6.07) is 18.8. The third kappa shape index (κ3) is 5.10. The van der Waals surface area contributed by atoms with Gasteiger partial charge in [-0.25, -0.2) is 4.79 Å². The van der Waals surface area contributed by atoms with E-state index >= 15 is 0 Å². The summed E-state index contributed by atoms with van der Waals surface area (Å²) in [4.78, 5) is 27.8. The van der Waals surface area contributed by atoms with Crippen LogP contribution in [0.5, 0.6) is 11.5 Å². The van der Waals surface area contributed by atoms with Crippen LogP contribution in [0.15, 0.2) is 60.7 Å². The number of rotatable bonds is 10. The standard InChI is InChI=1S/C29H31N3O4S2/c1-30-19-10-12-23-25(17-19)35-26-18-20(31-27(33)9-6-15-37-38-16-14-32(2)3)11-13-24(26)29(23)22-8-5-4-7-21(22)28(34)36-29/h4-5,7-8,10-13,17-18,30H,6,9,14-16H2,1-3H3,(H,31,33). The lowest BCUT2D eigenvalue weighted by Gasteiger charge is -2.36. The van der Waals surface area contributed by atoms with E-state index in [4.69, 9.17) is 9.47 Å². The molecule has 9 heteroatoms. The second-order valence-electron chi connectivity index (χ2n) is 9.49. The fourth-order valence-electron chi connectivity index (χ4n) is 4.76. The lowest BCUT2D eigenvalue weighted by Crippen LogP contribution is -2.33. The Morgan fingerprint density at radius 1 is 0.921 bits per heavy atom. The molecule has 1 atom stereocenters. The molecule has 2 aliphatic rings. The number of nitrogens with zero attached hydrogens (tertiary/aromatic N) is 1. The fourth-order valence-corrected chi connectivity index (χ4v) is 6.98. The van der Waals surface area contributed by atoms with Crippen LogP contribution >= 0.6 is 21.6 Å². The summed E-state index contributed by atoms with van der Waals surface area (Å²) >= 11 is 0. The van der Waals surface area contributed by atoms with Crippen molar-refractivity contribution < 1.29 is 19.1 Å². The number of ether oxygens (including phenoxy) is 2. The monoisotopic (exact) mass is 549 g/mol. The van der Waals surface area contributed by atoms with Crippen LogP contribution in [-0.4, -0.2) is 56.0 Å². The zero-order valence-electron chi connectivity index (χ0n) is 21.7. The average molecular weight is 550 g/mol. The highest BCUT2D eigenvalue weighted by Crippen LogP contribution is 2.56. The zero-order valence-corrected chi connectivity index (χ0v) is 23.3. The van der Waals surface area contributed by atoms with E-state index in [1.54, 1.807) is 6.07 Å². The first-order chi connectivity index (χ1) is 18.4. The first-order valence-electron chi connectivity index (χ1n) is 12.6. The molecule has 0 saturated heterocycles. The number of carbonyl (C=O) groups is 2. The predicted octanol–water partition coefficient (Wildman–Crippen LogP) is 5.96. The molecular weight excluding hydrogens is 518 g/mol. The molecule has 0 bridgehead atoms. The van der Waals surface area contributed by atoms with Gasteiger partial charge in [0, 0.05) is 71.7 Å². The zero-order chi connectivity index (χ0) is 26.7. The van der Waals surface area contributed by atoms with Gasteiger partial charge in [-0.1, -0.05) is 39.8 Å². The molecule has 2 heterocycles. The van der Waals surface area contributed by atoms with Crippen LogP contribution in [0.1, 0.15) is 39.9 Å². The number of benzene rings is 3. The summed E-state index contributed by atoms with van der Waals surface area (Å²) in [6.45, 7) is 1.05. The minimum atomic E-state index is -1.12. The minimum absolute atomic E-state index is 0.0372. The van der Waals surface area contributed by atoms with Gasteiger partial charge in [0.15, 0.2) is 5.60 Å². The maximum absolute atomic E-state index is 13.0. The quantitative estimate of drug-likeness (QED) is 0.182. The first kappa shape index (κ1) is 26.5. The number of esters is 1. The van der Waals surface area contributed by atoms with Crippen LogP contribution in [0.3, 0.4) is 0 Å². The molecule has 2 N–H and O–H groups in total. The van der Waals surface area contributed by atoms with E-state index in [0.29, 0.717) is 29.2 Å². The van der Waals surface area contributed by atoms with Crippen LogP contribution in [0.2, 0.25) is 0 Å². The second-order valence-corrected chi connectivity index (χ2v) is 12.2. The highest BCUT2D eigenvalue weighted by Gasteiger charge is 2.53. The van der Waals surface area contributed by atoms with Crippen molar-refractivity contribution >= 4 is 44.8 Å². The van der Waals surface area contributed by atoms with Gasteiger partial charge in [0.25, 0.3) is 0 Å². The van der Waals surface area contributed by atoms with Crippen LogP contribution in [0.4, 0.5) is 11.4 Å². The molecule has 198 valence electrons. The molecule has 1 unspecified atom stereocenters. The normalized spacial score (nSPS) is 16.9. The number of fused-ring (bicyclic) bond motifs is 6. The molecule has 0 aliphatic carbocycles. The Morgan fingerprint density at radius 3 is 2.34 bits per heavy atom. The van der Waals surface area contributed by atoms with Gasteiger partial charge in [0.1, 0.15) is 11.5 Å². The summed E-state index contributed by atoms with van der Waals surface area (Å²) in [5.41, 5.74) is 3.21. The van der Waals surface area contributed by atoms with Crippen LogP contribution in [0, 0.1) is 0 Å². The molecule has 2 aliphatic heterocycles. The molecule has 1 spiro atoms. The van der Waals surface area contributed by atoms with Crippen molar-refractivity contribution in [1.82, 2.24) is 4.90 Å². The van der Waals surface area contributed by atoms with Crippen molar-refractivity contribution in [2.75, 3.05) is 49.8 Å². The molecule has 0 aromatic heterocycles. The molecular formula is C29H31N3O4S2. The van der Waals surface area contributed by atoms with Crippen molar-refractivity contribution in [3.05, 3.63) is 82.9 Å². The molecule has 0 saturated carbocycles. The van der Waals surface area contributed by atoms with Gasteiger partial charge in [-0.15, -0.1) is 0 Å². The number of amides is 1. The summed E-state index contributed by atoms with van der Waals surface area (Å²) in [5, 5.41) is 6.14. The number of hydrogen-bond donors (Lipinski definition) is 2. The fraction of sp³-hybridized carbons (Fsp3) is 0.310. The smallest absolute Gasteiger partial charge is 0.340 e. The van der Waals surface area contributed by atoms with Gasteiger partial charge in [-0.3, -0.25) is 4.79 Å². The maximum Gasteiger partial charge on any atom is 0.340 e. The molecule has 1 amide bonds. The minimum Gasteiger partial charge on any atom is -0.456 e. The van der Waals surface area contributed by atoms with E-state index in [1.165, 1.54) is 0 Å². The van der Waals surface area contributed by atoms with Crippen molar-refractivity contribution in [3.8, 4) is 11.5 Å². The van der Waals surface area contributed by atoms with Gasteiger partial charge in [-0.2, -0.15) is 0 Å². The van der Waals surface area contributed by atoms with Gasteiger partial charge < -0.3 is 25.0 Å². The van der Waals surface area contributed by atoms with Crippen molar-refractivity contribution in [3.63, 3.8) is 0 Å². The van der Waals surface area contributed by atoms with E-state index in [0.717, 1.165) is 46.8 Å². The van der Waals surface area contributed by atoms with Gasteiger partial charge in [0.05, 0.1) is 5.56 Å². The largest absolute Gasteiger partial charge is 0.456 e. The van der Waals surface area contributed by atoms with E-state index in [9.17, 15) is 9.59 Å². The van der Waals surface area contributed by atoms with E-state index in [2.05, 4.69) is 29.6 Å². The van der Waals surface area contributed by atoms with Gasteiger partial charge in [0.2, 0.25) is 5.91 Å². The van der Waals surface area contributed by atoms with Crippen molar-refractivity contribution in [2.45, 2.75) is 18.4 Å². The predicted molar refractivity (Wildman–Crippen MR) is 156 cm³/mol. The number of nitrogens with one attached hydrogen (secondary N) is 2. The summed E-state index contributed by atoms with van der Waals surface area (Å²) < 4.78 is 12.5. The van der Waals surface area contributed by atoms with Crippen LogP contribution in [-0.2, 0) is 15.1 Å². The highest BCUT2D eigenvalue weighted by atomic mass is 33.1. The Morgan fingerprint density at radius 2 is 1.61 bits per heavy atom. The van der Waals surface area contributed by atoms with Gasteiger partial charge in [-0.05, 0) is 50.8 Å². The summed E-state index contributed by atoms with van der Waals surface area (Å²) in [7, 11) is 9.63. The molecule has 7 nitrogen and oxygen atoms in total. The van der Waals surface area contributed by atoms with Crippen LogP contribution < -0.4 is 15.4 Å². The third-order valence-electron chi connectivity index (χ3n) is 6.62. The van der Waals surface area contributed by atoms with Gasteiger partial charge >= 0.3 is 5.97 Å². The van der Waals surface area contributed by atoms with Crippen molar-refractivity contribution in [1.29, 1.82) is 0 Å². The molecule has 38 heavy (non-hydrogen) atoms. The Hall–Kier alpha value is -3.14. The highest BCUT2D eigenvalue weighted by molar-refractivity contribution is 8.76. The molecule has 0 radical (unpaired) electrons. The molecule has 5 rings (SSSR count). The number of carbonyl (C=O) groups excluding carboxylic acids is 2. The Labute approximate surface area is 231 Å². The molecule has 3 aromatic rings. The lowest BCUT2D eigenvalue weighted by molar-refractivity contribution is -0.116. The number of anilines is 2. The Kier molecular flexibility index (Phi) is 7.88. The van der Waals surface area contributed by atoms with E-state index < -0.39 is 5.60 Å². The first-order valence-corrected chi connectivity index (χ1v) is 15.1. The average Bonchev–Trinajstić information content (AvgIpc) is 3.20. The third-order valence-corrected chi connectivity index (χ3v) is 9.09. The lowest BCUT2D eigenvalue weighted by atomic mass is 9.77. The number of hydrogen-bond acceptors (Lipinski definition) is 8. The second kappa shape index (κ2) is 11.3. The summed E-state index contributed by atoms with van der Waals surface area (Å²) in [6.07, 6.45) is 1.26. The molecule has 3 aromatic carbocycles.